The minimum Gasteiger partial charge on any atom is -0.493 e. The SMILES string of the molecule is COc1ccc(C(O)c2ccc(Cl)cc2)c(Cl)c1OC. The second kappa shape index (κ2) is 6.35. The van der Waals surface area contributed by atoms with E-state index in [0.717, 1.165) is 0 Å². The lowest BCUT2D eigenvalue weighted by Gasteiger charge is -2.17. The molecular weight excluding hydrogens is 299 g/mol. The minimum atomic E-state index is -0.862. The Bertz CT molecular complexity index is 597. The summed E-state index contributed by atoms with van der Waals surface area (Å²) in [5, 5.41) is 11.4. The Morgan fingerprint density at radius 3 is 2.15 bits per heavy atom. The first-order valence-electron chi connectivity index (χ1n) is 5.92. The van der Waals surface area contributed by atoms with Crippen molar-refractivity contribution in [1.82, 2.24) is 0 Å². The predicted molar refractivity (Wildman–Crippen MR) is 80.1 cm³/mol. The Labute approximate surface area is 127 Å². The van der Waals surface area contributed by atoms with Crippen LogP contribution >= 0.6 is 23.2 Å². The van der Waals surface area contributed by atoms with Crippen LogP contribution in [0.15, 0.2) is 36.4 Å². The second-order valence-corrected chi connectivity index (χ2v) is 4.97. The molecule has 0 saturated carbocycles. The van der Waals surface area contributed by atoms with Gasteiger partial charge in [-0.15, -0.1) is 0 Å². The Balaban J connectivity index is 2.44. The molecule has 0 aromatic heterocycles. The van der Waals surface area contributed by atoms with E-state index in [-0.39, 0.29) is 0 Å². The third kappa shape index (κ3) is 2.85. The highest BCUT2D eigenvalue weighted by atomic mass is 35.5. The predicted octanol–water partition coefficient (Wildman–Crippen LogP) is 4.09. The lowest BCUT2D eigenvalue weighted by Crippen LogP contribution is -2.02. The summed E-state index contributed by atoms with van der Waals surface area (Å²) in [5.74, 6) is 0.921. The number of rotatable bonds is 4. The molecule has 0 fully saturated rings. The van der Waals surface area contributed by atoms with Gasteiger partial charge in [-0.3, -0.25) is 0 Å². The first kappa shape index (κ1) is 15.0. The molecule has 0 heterocycles. The van der Waals surface area contributed by atoms with Crippen LogP contribution < -0.4 is 9.47 Å². The van der Waals surface area contributed by atoms with E-state index in [1.807, 2.05) is 0 Å². The number of methoxy groups -OCH3 is 2. The zero-order valence-electron chi connectivity index (χ0n) is 11.1. The van der Waals surface area contributed by atoms with Crippen molar-refractivity contribution in [1.29, 1.82) is 0 Å². The Morgan fingerprint density at radius 2 is 1.60 bits per heavy atom. The fourth-order valence-electron chi connectivity index (χ4n) is 1.94. The fraction of sp³-hybridized carbons (Fsp3) is 0.200. The van der Waals surface area contributed by atoms with E-state index in [9.17, 15) is 5.11 Å². The highest BCUT2D eigenvalue weighted by Crippen LogP contribution is 2.41. The number of hydrogen-bond acceptors (Lipinski definition) is 3. The molecule has 2 aromatic carbocycles. The van der Waals surface area contributed by atoms with Crippen LogP contribution in [0.25, 0.3) is 0 Å². The summed E-state index contributed by atoms with van der Waals surface area (Å²) in [5.41, 5.74) is 1.25. The largest absolute Gasteiger partial charge is 0.493 e. The van der Waals surface area contributed by atoms with Gasteiger partial charge >= 0.3 is 0 Å². The monoisotopic (exact) mass is 312 g/mol. The molecule has 1 atom stereocenters. The average Bonchev–Trinajstić information content (AvgIpc) is 2.47. The molecule has 20 heavy (non-hydrogen) atoms. The molecule has 1 unspecified atom stereocenters. The Hall–Kier alpha value is -1.42. The summed E-state index contributed by atoms with van der Waals surface area (Å²) in [6.45, 7) is 0. The minimum absolute atomic E-state index is 0.328. The number of ether oxygens (including phenoxy) is 2. The first-order chi connectivity index (χ1) is 9.58. The summed E-state index contributed by atoms with van der Waals surface area (Å²) in [7, 11) is 3.03. The van der Waals surface area contributed by atoms with E-state index in [1.165, 1.54) is 14.2 Å². The van der Waals surface area contributed by atoms with E-state index < -0.39 is 6.10 Å². The Kier molecular flexibility index (Phi) is 4.76. The zero-order chi connectivity index (χ0) is 14.7. The van der Waals surface area contributed by atoms with Gasteiger partial charge in [0.25, 0.3) is 0 Å². The van der Waals surface area contributed by atoms with Gasteiger partial charge in [-0.05, 0) is 23.8 Å². The molecule has 0 aliphatic rings. The van der Waals surface area contributed by atoms with E-state index in [1.54, 1.807) is 36.4 Å². The maximum Gasteiger partial charge on any atom is 0.179 e. The molecule has 5 heteroatoms. The van der Waals surface area contributed by atoms with Crippen molar-refractivity contribution in [2.45, 2.75) is 6.10 Å². The van der Waals surface area contributed by atoms with Crippen molar-refractivity contribution >= 4 is 23.2 Å². The van der Waals surface area contributed by atoms with Gasteiger partial charge in [0.15, 0.2) is 11.5 Å². The molecule has 1 N–H and O–H groups in total. The van der Waals surface area contributed by atoms with Crippen molar-refractivity contribution in [3.05, 3.63) is 57.6 Å². The van der Waals surface area contributed by atoms with Crippen LogP contribution in [0.1, 0.15) is 17.2 Å². The van der Waals surface area contributed by atoms with Gasteiger partial charge in [-0.2, -0.15) is 0 Å². The van der Waals surface area contributed by atoms with Gasteiger partial charge in [-0.1, -0.05) is 41.4 Å². The van der Waals surface area contributed by atoms with Gasteiger partial charge in [0.1, 0.15) is 6.10 Å². The maximum absolute atomic E-state index is 10.4. The van der Waals surface area contributed by atoms with Gasteiger partial charge in [0.2, 0.25) is 0 Å². The second-order valence-electron chi connectivity index (χ2n) is 4.16. The van der Waals surface area contributed by atoms with Gasteiger partial charge in [0, 0.05) is 10.6 Å². The lowest BCUT2D eigenvalue weighted by molar-refractivity contribution is 0.219. The van der Waals surface area contributed by atoms with Crippen LogP contribution in [0.2, 0.25) is 10.0 Å². The zero-order valence-corrected chi connectivity index (χ0v) is 12.6. The summed E-state index contributed by atoms with van der Waals surface area (Å²) in [4.78, 5) is 0. The molecule has 0 bridgehead atoms. The molecule has 0 spiro atoms. The molecule has 106 valence electrons. The molecule has 0 aliphatic heterocycles. The topological polar surface area (TPSA) is 38.7 Å². The maximum atomic E-state index is 10.4. The highest BCUT2D eigenvalue weighted by Gasteiger charge is 2.19. The molecule has 2 aromatic rings. The molecule has 2 rings (SSSR count). The van der Waals surface area contributed by atoms with E-state index in [2.05, 4.69) is 0 Å². The molecule has 3 nitrogen and oxygen atoms in total. The third-order valence-electron chi connectivity index (χ3n) is 3.00. The normalized spacial score (nSPS) is 12.1. The summed E-state index contributed by atoms with van der Waals surface area (Å²) >= 11 is 12.1. The quantitative estimate of drug-likeness (QED) is 0.924. The van der Waals surface area contributed by atoms with E-state index in [4.69, 9.17) is 32.7 Å². The van der Waals surface area contributed by atoms with Crippen molar-refractivity contribution in [3.8, 4) is 11.5 Å². The molecule has 0 amide bonds. The highest BCUT2D eigenvalue weighted by molar-refractivity contribution is 6.33. The number of halogens is 2. The first-order valence-corrected chi connectivity index (χ1v) is 6.68. The smallest absolute Gasteiger partial charge is 0.179 e. The van der Waals surface area contributed by atoms with E-state index >= 15 is 0 Å². The van der Waals surface area contributed by atoms with E-state index in [0.29, 0.717) is 32.7 Å². The molecule has 0 aliphatic carbocycles. The molecular formula is C15H14Cl2O3. The van der Waals surface area contributed by atoms with Crippen LogP contribution in [0.4, 0.5) is 0 Å². The fourth-order valence-corrected chi connectivity index (χ4v) is 2.40. The van der Waals surface area contributed by atoms with Crippen molar-refractivity contribution < 1.29 is 14.6 Å². The number of aliphatic hydroxyl groups is 1. The number of hydrogen-bond donors (Lipinski definition) is 1. The summed E-state index contributed by atoms with van der Waals surface area (Å²) in [6, 6.07) is 10.4. The van der Waals surface area contributed by atoms with Crippen LogP contribution in [-0.4, -0.2) is 19.3 Å². The van der Waals surface area contributed by atoms with Crippen molar-refractivity contribution in [3.63, 3.8) is 0 Å². The number of aliphatic hydroxyl groups excluding tert-OH is 1. The summed E-state index contributed by atoms with van der Waals surface area (Å²) < 4.78 is 10.4. The standard InChI is InChI=1S/C15H14Cl2O3/c1-19-12-8-7-11(13(17)15(12)20-2)14(18)9-3-5-10(16)6-4-9/h3-8,14,18H,1-2H3. The number of benzene rings is 2. The van der Waals surface area contributed by atoms with Crippen molar-refractivity contribution in [2.24, 2.45) is 0 Å². The Morgan fingerprint density at radius 1 is 0.950 bits per heavy atom. The van der Waals surface area contributed by atoms with Gasteiger partial charge in [-0.25, -0.2) is 0 Å². The summed E-state index contributed by atoms with van der Waals surface area (Å²) in [6.07, 6.45) is -0.862. The van der Waals surface area contributed by atoms with Gasteiger partial charge in [0.05, 0.1) is 19.2 Å². The van der Waals surface area contributed by atoms with Crippen molar-refractivity contribution in [2.75, 3.05) is 14.2 Å². The molecule has 0 radical (unpaired) electrons. The lowest BCUT2D eigenvalue weighted by atomic mass is 10.0. The average molecular weight is 313 g/mol. The molecule has 0 saturated heterocycles. The third-order valence-corrected chi connectivity index (χ3v) is 3.64. The van der Waals surface area contributed by atoms with Gasteiger partial charge < -0.3 is 14.6 Å². The van der Waals surface area contributed by atoms with Crippen LogP contribution in [-0.2, 0) is 0 Å². The van der Waals surface area contributed by atoms with Crippen LogP contribution in [0, 0.1) is 0 Å². The van der Waals surface area contributed by atoms with Crippen LogP contribution in [0.3, 0.4) is 0 Å². The van der Waals surface area contributed by atoms with Crippen LogP contribution in [0.5, 0.6) is 11.5 Å².